The highest BCUT2D eigenvalue weighted by Crippen LogP contribution is 2.60. The highest BCUT2D eigenvalue weighted by atomic mass is 32.2. The van der Waals surface area contributed by atoms with Gasteiger partial charge in [0.2, 0.25) is 17.0 Å². The molecule has 5 nitrogen and oxygen atoms in total. The Morgan fingerprint density at radius 1 is 0.854 bits per heavy atom. The van der Waals surface area contributed by atoms with Crippen LogP contribution in [-0.2, 0) is 31.8 Å². The number of thiol groups is 1. The third kappa shape index (κ3) is 6.34. The van der Waals surface area contributed by atoms with Gasteiger partial charge in [0.05, 0.1) is 5.41 Å². The van der Waals surface area contributed by atoms with Crippen molar-refractivity contribution < 1.29 is 35.2 Å². The molecule has 4 fully saturated rings. The van der Waals surface area contributed by atoms with Crippen molar-refractivity contribution in [1.82, 2.24) is 0 Å². The van der Waals surface area contributed by atoms with E-state index in [2.05, 4.69) is 16.9 Å². The maximum absolute atomic E-state index is 13.3. The van der Waals surface area contributed by atoms with Gasteiger partial charge in [-0.1, -0.05) is 72.8 Å². The van der Waals surface area contributed by atoms with Crippen LogP contribution in [0.15, 0.2) is 83.8 Å². The molecule has 0 N–H and O–H groups in total. The average molecular weight is 605 g/mol. The maximum atomic E-state index is 13.3. The molecule has 0 spiro atoms. The molecule has 4 aliphatic rings. The van der Waals surface area contributed by atoms with E-state index in [1.54, 1.807) is 0 Å². The van der Waals surface area contributed by atoms with Crippen LogP contribution >= 0.6 is 0 Å². The quantitative estimate of drug-likeness (QED) is 0.126. The Labute approximate surface area is 242 Å². The molecule has 0 aromatic heterocycles. The van der Waals surface area contributed by atoms with Crippen LogP contribution in [0.2, 0.25) is 0 Å². The first-order valence-corrected chi connectivity index (χ1v) is 15.8. The van der Waals surface area contributed by atoms with Gasteiger partial charge in [0.15, 0.2) is 16.7 Å². The molecule has 0 aliphatic heterocycles. The number of halogens is 3. The molecule has 0 radical (unpaired) electrons. The zero-order chi connectivity index (χ0) is 29.3. The molecular formula is C31H31F3O5S2. The van der Waals surface area contributed by atoms with Gasteiger partial charge in [-0.25, -0.2) is 8.42 Å². The van der Waals surface area contributed by atoms with E-state index in [0.29, 0.717) is 41.9 Å². The third-order valence-corrected chi connectivity index (χ3v) is 9.89. The van der Waals surface area contributed by atoms with Crippen molar-refractivity contribution in [2.75, 3.05) is 6.61 Å². The van der Waals surface area contributed by atoms with Gasteiger partial charge >= 0.3 is 11.2 Å². The summed E-state index contributed by atoms with van der Waals surface area (Å²) in [6.07, 6.45) is 5.14. The van der Waals surface area contributed by atoms with E-state index < -0.39 is 33.4 Å². The van der Waals surface area contributed by atoms with Gasteiger partial charge < -0.3 is 9.29 Å². The summed E-state index contributed by atoms with van der Waals surface area (Å²) in [6.45, 7) is -1.68. The summed E-state index contributed by atoms with van der Waals surface area (Å²) in [5.41, 5.74) is 3.46. The Kier molecular flexibility index (Phi) is 8.55. The Morgan fingerprint density at radius 2 is 1.37 bits per heavy atom. The second-order valence-electron chi connectivity index (χ2n) is 11.4. The molecule has 0 atom stereocenters. The second-order valence-corrected chi connectivity index (χ2v) is 13.5. The summed E-state index contributed by atoms with van der Waals surface area (Å²) in [5, 5.41) is -4.56. The number of benzene rings is 3. The molecular weight excluding hydrogens is 573 g/mol. The molecule has 10 heteroatoms. The van der Waals surface area contributed by atoms with Crippen molar-refractivity contribution in [3.63, 3.8) is 0 Å². The van der Waals surface area contributed by atoms with Gasteiger partial charge in [0.1, 0.15) is 0 Å². The highest BCUT2D eigenvalue weighted by molar-refractivity contribution is 7.86. The Bertz CT molecular complexity index is 1440. The first kappa shape index (κ1) is 29.7. The van der Waals surface area contributed by atoms with Gasteiger partial charge in [-0.3, -0.25) is 4.79 Å². The number of alkyl halides is 2. The van der Waals surface area contributed by atoms with Crippen LogP contribution in [0, 0.1) is 23.2 Å². The lowest BCUT2D eigenvalue weighted by molar-refractivity contribution is -0.176. The number of hydrogen-bond acceptors (Lipinski definition) is 5. The average Bonchev–Trinajstić information content (AvgIpc) is 2.95. The van der Waals surface area contributed by atoms with Crippen molar-refractivity contribution in [3.05, 3.63) is 78.9 Å². The van der Waals surface area contributed by atoms with E-state index in [1.165, 1.54) is 0 Å². The summed E-state index contributed by atoms with van der Waals surface area (Å²) in [6, 6.07) is 25.9. The van der Waals surface area contributed by atoms with E-state index >= 15 is 0 Å². The molecule has 0 amide bonds. The lowest BCUT2D eigenvalue weighted by Crippen LogP contribution is -2.51. The van der Waals surface area contributed by atoms with Crippen molar-refractivity contribution in [3.8, 4) is 22.3 Å². The molecule has 0 saturated heterocycles. The Morgan fingerprint density at radius 3 is 1.85 bits per heavy atom. The number of ether oxygens (including phenoxy) is 1. The van der Waals surface area contributed by atoms with Crippen molar-refractivity contribution >= 4 is 28.2 Å². The minimum Gasteiger partial charge on any atom is -0.743 e. The summed E-state index contributed by atoms with van der Waals surface area (Å²) in [4.78, 5) is 12.9. The van der Waals surface area contributed by atoms with Crippen LogP contribution in [0.5, 0.6) is 0 Å². The van der Waals surface area contributed by atoms with Crippen LogP contribution in [-0.4, -0.2) is 30.8 Å². The zero-order valence-electron chi connectivity index (χ0n) is 22.2. The molecule has 4 saturated carbocycles. The third-order valence-electron chi connectivity index (χ3n) is 8.49. The molecule has 41 heavy (non-hydrogen) atoms. The number of rotatable bonds is 7. The molecule has 7 rings (SSSR count). The normalized spacial score (nSPS) is 24.8. The molecule has 4 aliphatic carbocycles. The largest absolute Gasteiger partial charge is 0.743 e. The van der Waals surface area contributed by atoms with Gasteiger partial charge in [-0.05, 0) is 79.0 Å². The van der Waals surface area contributed by atoms with Gasteiger partial charge in [0.25, 0.3) is 0 Å². The lowest BCUT2D eigenvalue weighted by atomic mass is 9.49. The fraction of sp³-hybridized carbons (Fsp3) is 0.387. The zero-order valence-corrected chi connectivity index (χ0v) is 23.9. The molecule has 4 bridgehead atoms. The van der Waals surface area contributed by atoms with Crippen molar-refractivity contribution in [2.45, 2.75) is 48.7 Å². The second kappa shape index (κ2) is 11.8. The minimum absolute atomic E-state index is 0.203. The highest BCUT2D eigenvalue weighted by Gasteiger charge is 2.56. The fourth-order valence-electron chi connectivity index (χ4n) is 7.11. The summed E-state index contributed by atoms with van der Waals surface area (Å²) in [7, 11) is -5.81. The first-order valence-electron chi connectivity index (χ1n) is 13.6. The van der Waals surface area contributed by atoms with Crippen molar-refractivity contribution in [2.24, 2.45) is 23.2 Å². The van der Waals surface area contributed by atoms with Gasteiger partial charge in [0, 0.05) is 9.45 Å². The topological polar surface area (TPSA) is 83.5 Å². The molecule has 0 heterocycles. The number of carbonyl (C=O) groups excluding carboxylic acids is 1. The smallest absolute Gasteiger partial charge is 0.367 e. The fourth-order valence-corrected chi connectivity index (χ4v) is 7.79. The van der Waals surface area contributed by atoms with E-state index in [-0.39, 0.29) is 12.1 Å². The monoisotopic (exact) mass is 604 g/mol. The van der Waals surface area contributed by atoms with Crippen molar-refractivity contribution in [1.29, 1.82) is 0 Å². The maximum Gasteiger partial charge on any atom is 0.367 e. The Hall–Kier alpha value is -2.82. The van der Waals surface area contributed by atoms with E-state index in [1.807, 2.05) is 66.7 Å². The number of carbonyl (C=O) groups is 1. The summed E-state index contributed by atoms with van der Waals surface area (Å²) >= 11 is -0.203. The summed E-state index contributed by atoms with van der Waals surface area (Å²) in [5.74, 6) is 0.553. The first-order chi connectivity index (χ1) is 19.5. The van der Waals surface area contributed by atoms with Gasteiger partial charge in [-0.15, -0.1) is 0 Å². The summed E-state index contributed by atoms with van der Waals surface area (Å²) < 4.78 is 75.3. The van der Waals surface area contributed by atoms with E-state index in [4.69, 9.17) is 0 Å². The Balaban J connectivity index is 0.000000165. The number of esters is 1. The van der Waals surface area contributed by atoms with Gasteiger partial charge in [-0.2, -0.15) is 8.78 Å². The molecule has 218 valence electrons. The molecule has 3 aromatic rings. The minimum atomic E-state index is -5.81. The number of hydrogen-bond donors (Lipinski definition) is 0. The standard InChI is InChI=1S/C18H13FS.C13H18F2O5S/c19-20-17-13-7-12-16(14-8-3-1-4-9-14)18(17)15-10-5-2-6-11-15;14-13(15,21(17,18)19)7-20-11(16)12-4-8-1-9(5-12)3-10(2-8)6-12/h1-13H;8-10H,1-7H2,(H,17,18,19). The predicted molar refractivity (Wildman–Crippen MR) is 152 cm³/mol. The van der Waals surface area contributed by atoms with Crippen LogP contribution < -0.4 is 0 Å². The van der Waals surface area contributed by atoms with E-state index in [9.17, 15) is 30.4 Å². The lowest BCUT2D eigenvalue weighted by Gasteiger charge is -2.55. The van der Waals surface area contributed by atoms with Crippen LogP contribution in [0.4, 0.5) is 12.7 Å². The van der Waals surface area contributed by atoms with E-state index in [0.717, 1.165) is 41.5 Å². The van der Waals surface area contributed by atoms with Crippen LogP contribution in [0.25, 0.3) is 22.3 Å². The SMILES string of the molecule is F[SH+]c1cccc(-c2ccccc2)c1-c1ccccc1.O=C(OCC(F)(F)S(=O)(=O)[O-])C12CC3CC(CC(C3)C1)C2. The molecule has 0 unspecified atom stereocenters. The molecule has 3 aromatic carbocycles. The van der Waals surface area contributed by atoms with Crippen LogP contribution in [0.1, 0.15) is 38.5 Å². The van der Waals surface area contributed by atoms with Crippen LogP contribution in [0.3, 0.4) is 0 Å². The predicted octanol–water partition coefficient (Wildman–Crippen LogP) is 6.96.